The molecule has 0 aliphatic heterocycles. The molecule has 0 bridgehead atoms. The Labute approximate surface area is 44.7 Å². The summed E-state index contributed by atoms with van der Waals surface area (Å²) in [5.74, 6) is 0.488. The Bertz CT molecular complexity index is 45.9. The molecule has 0 aromatic rings. The van der Waals surface area contributed by atoms with Gasteiger partial charge in [0, 0.05) is 5.41 Å². The van der Waals surface area contributed by atoms with E-state index in [9.17, 15) is 0 Å². The molecule has 34 valence electrons. The van der Waals surface area contributed by atoms with Crippen molar-refractivity contribution in [1.29, 1.82) is 0 Å². The maximum atomic E-state index is 4.49. The molecule has 0 aromatic carbocycles. The fourth-order valence-corrected chi connectivity index (χ4v) is 0.408. The minimum Gasteiger partial charge on any atom is -0.0884 e. The number of hydrogen-bond donors (Lipinski definition) is 0. The van der Waals surface area contributed by atoms with E-state index >= 15 is 0 Å². The molecule has 0 fully saturated rings. The summed E-state index contributed by atoms with van der Waals surface area (Å²) in [5.41, 5.74) is 0. The van der Waals surface area contributed by atoms with Gasteiger partial charge in [0.25, 0.3) is 0 Å². The average Bonchev–Trinajstić information content (AvgIpc) is 1.35. The predicted molar refractivity (Wildman–Crippen MR) is 30.2 cm³/mol. The molecule has 0 rings (SSSR count). The normalized spacial score (nSPS) is 11.2. The second-order valence-corrected chi connectivity index (χ2v) is 1.67. The minimum absolute atomic E-state index is 0.488. The third-order valence-corrected chi connectivity index (χ3v) is 0.537. The van der Waals surface area contributed by atoms with Crippen LogP contribution in [0.25, 0.3) is 0 Å². The Hall–Kier alpha value is -0.0400. The van der Waals surface area contributed by atoms with Crippen molar-refractivity contribution in [3.8, 4) is 0 Å². The van der Waals surface area contributed by atoms with E-state index in [1.807, 2.05) is 13.8 Å². The highest BCUT2D eigenvalue weighted by Crippen LogP contribution is 1.91. The Morgan fingerprint density at radius 3 is 2.17 bits per heavy atom. The molecule has 0 aliphatic carbocycles. The second kappa shape index (κ2) is 3.16. The van der Waals surface area contributed by atoms with Crippen LogP contribution in [0.5, 0.6) is 0 Å². The summed E-state index contributed by atoms with van der Waals surface area (Å²) in [6.45, 7) is 4.09. The van der Waals surface area contributed by atoms with Gasteiger partial charge in [0.2, 0.25) is 0 Å². The maximum Gasteiger partial charge on any atom is 0.00513 e. The standard InChI is InChI=1S/C5H8S/c1-5(2)3-4-6/h4-5H,1-2H3. The lowest BCUT2D eigenvalue weighted by Gasteiger charge is -1.84. The molecule has 6 heavy (non-hydrogen) atoms. The largest absolute Gasteiger partial charge is 0.0884 e. The minimum atomic E-state index is 0.488. The first kappa shape index (κ1) is 5.96. The van der Waals surface area contributed by atoms with Crippen LogP contribution in [0.4, 0.5) is 0 Å². The van der Waals surface area contributed by atoms with Gasteiger partial charge in [0.1, 0.15) is 0 Å². The van der Waals surface area contributed by atoms with E-state index < -0.39 is 0 Å². The third-order valence-electron chi connectivity index (χ3n) is 0.401. The van der Waals surface area contributed by atoms with Crippen LogP contribution in [0.15, 0.2) is 5.41 Å². The van der Waals surface area contributed by atoms with E-state index in [4.69, 9.17) is 0 Å². The average molecular weight is 100 g/mol. The van der Waals surface area contributed by atoms with Gasteiger partial charge in [0.05, 0.1) is 0 Å². The summed E-state index contributed by atoms with van der Waals surface area (Å²) in [6, 6.07) is 0. The van der Waals surface area contributed by atoms with Gasteiger partial charge in [-0.25, -0.2) is 0 Å². The number of rotatable bonds is 1. The zero-order valence-corrected chi connectivity index (χ0v) is 4.88. The Kier molecular flexibility index (Phi) is 3.14. The van der Waals surface area contributed by atoms with Gasteiger partial charge in [0.15, 0.2) is 0 Å². The van der Waals surface area contributed by atoms with Crippen molar-refractivity contribution in [2.45, 2.75) is 13.8 Å². The Balaban J connectivity index is 3.03. The predicted octanol–water partition coefficient (Wildman–Crippen LogP) is 2.16. The molecule has 0 unspecified atom stereocenters. The van der Waals surface area contributed by atoms with E-state index in [0.29, 0.717) is 5.92 Å². The van der Waals surface area contributed by atoms with Gasteiger partial charge in [-0.1, -0.05) is 26.5 Å². The topological polar surface area (TPSA) is 0 Å². The van der Waals surface area contributed by atoms with E-state index in [1.165, 1.54) is 5.41 Å². The van der Waals surface area contributed by atoms with Crippen LogP contribution in [0, 0.1) is 12.0 Å². The smallest absolute Gasteiger partial charge is 0.00513 e. The first-order chi connectivity index (χ1) is 2.77. The molecule has 0 spiro atoms. The quantitative estimate of drug-likeness (QED) is 0.473. The summed E-state index contributed by atoms with van der Waals surface area (Å²) >= 11 is 4.49. The molecule has 0 saturated heterocycles. The van der Waals surface area contributed by atoms with E-state index in [2.05, 4.69) is 18.7 Å². The van der Waals surface area contributed by atoms with Crippen molar-refractivity contribution in [1.82, 2.24) is 0 Å². The summed E-state index contributed by atoms with van der Waals surface area (Å²) < 4.78 is 0. The van der Waals surface area contributed by atoms with Crippen molar-refractivity contribution in [3.05, 3.63) is 11.5 Å². The Morgan fingerprint density at radius 2 is 2.17 bits per heavy atom. The van der Waals surface area contributed by atoms with Gasteiger partial charge in [-0.2, -0.15) is 0 Å². The van der Waals surface area contributed by atoms with Crippen molar-refractivity contribution < 1.29 is 0 Å². The highest BCUT2D eigenvalue weighted by molar-refractivity contribution is 7.83. The molecule has 0 nitrogen and oxygen atoms in total. The van der Waals surface area contributed by atoms with Crippen LogP contribution in [-0.4, -0.2) is 0 Å². The third kappa shape index (κ3) is 3.96. The molecule has 0 saturated carbocycles. The van der Waals surface area contributed by atoms with Crippen molar-refractivity contribution >= 4 is 12.6 Å². The van der Waals surface area contributed by atoms with Gasteiger partial charge in [-0.15, -0.1) is 0 Å². The second-order valence-electron chi connectivity index (χ2n) is 1.44. The van der Waals surface area contributed by atoms with Gasteiger partial charge in [-0.05, 0) is 12.0 Å². The molecule has 0 N–H and O–H groups in total. The summed E-state index contributed by atoms with van der Waals surface area (Å²) in [5, 5.41) is 1.53. The molecule has 0 aliphatic rings. The van der Waals surface area contributed by atoms with Crippen molar-refractivity contribution in [2.24, 2.45) is 5.92 Å². The number of allylic oxidation sites excluding steroid dienone is 1. The molecule has 0 amide bonds. The monoisotopic (exact) mass is 100 g/mol. The summed E-state index contributed by atoms with van der Waals surface area (Å²) in [6.07, 6.45) is 2.90. The van der Waals surface area contributed by atoms with Gasteiger partial charge < -0.3 is 0 Å². The first-order valence-electron chi connectivity index (χ1n) is 1.97. The molecule has 0 aromatic heterocycles. The highest BCUT2D eigenvalue weighted by Gasteiger charge is 1.78. The molecular weight excluding hydrogens is 92.1 g/mol. The number of hydrogen-bond acceptors (Lipinski definition) is 0. The first-order valence-corrected chi connectivity index (χ1v) is 2.44. The summed E-state index contributed by atoms with van der Waals surface area (Å²) in [7, 11) is 0. The van der Waals surface area contributed by atoms with E-state index in [-0.39, 0.29) is 0 Å². The molecule has 1 heteroatoms. The SMILES string of the molecule is CC(C)/[C]=C/[S]. The molecule has 0 atom stereocenters. The highest BCUT2D eigenvalue weighted by atomic mass is 32.1. The fraction of sp³-hybridized carbons (Fsp3) is 0.600. The van der Waals surface area contributed by atoms with Crippen molar-refractivity contribution in [2.75, 3.05) is 0 Å². The lowest BCUT2D eigenvalue weighted by molar-refractivity contribution is 0.808. The fourth-order valence-electron chi connectivity index (χ4n) is 0.136. The molecule has 2 radical (unpaired) electrons. The van der Waals surface area contributed by atoms with Crippen LogP contribution in [-0.2, 0) is 0 Å². The van der Waals surface area contributed by atoms with Crippen LogP contribution in [0.3, 0.4) is 0 Å². The Morgan fingerprint density at radius 1 is 1.67 bits per heavy atom. The van der Waals surface area contributed by atoms with Crippen LogP contribution in [0.2, 0.25) is 0 Å². The maximum absolute atomic E-state index is 4.49. The van der Waals surface area contributed by atoms with Crippen LogP contribution < -0.4 is 0 Å². The lowest BCUT2D eigenvalue weighted by Crippen LogP contribution is -1.74. The van der Waals surface area contributed by atoms with Gasteiger partial charge >= 0.3 is 0 Å². The summed E-state index contributed by atoms with van der Waals surface area (Å²) in [4.78, 5) is 0. The zero-order valence-electron chi connectivity index (χ0n) is 4.06. The van der Waals surface area contributed by atoms with Crippen LogP contribution >= 0.6 is 12.6 Å². The molecule has 0 heterocycles. The lowest BCUT2D eigenvalue weighted by atomic mass is 10.2. The van der Waals surface area contributed by atoms with E-state index in [0.717, 1.165) is 0 Å². The van der Waals surface area contributed by atoms with Crippen LogP contribution in [0.1, 0.15) is 13.8 Å². The van der Waals surface area contributed by atoms with Gasteiger partial charge in [-0.3, -0.25) is 0 Å². The van der Waals surface area contributed by atoms with Crippen molar-refractivity contribution in [3.63, 3.8) is 0 Å². The zero-order chi connectivity index (χ0) is 4.99. The molecular formula is C5H8S. The van der Waals surface area contributed by atoms with E-state index in [1.54, 1.807) is 0 Å².